The summed E-state index contributed by atoms with van der Waals surface area (Å²) in [5.74, 6) is 0.0283. The van der Waals surface area contributed by atoms with Crippen molar-refractivity contribution in [3.05, 3.63) is 60.8 Å². The number of aromatic hydroxyl groups is 2. The molecule has 1 atom stereocenters. The lowest BCUT2D eigenvalue weighted by Crippen LogP contribution is -2.50. The number of carbonyl (C=O) groups excluding carboxylic acids is 1. The zero-order valence-electron chi connectivity index (χ0n) is 15.6. The van der Waals surface area contributed by atoms with E-state index in [4.69, 9.17) is 0 Å². The quantitative estimate of drug-likeness (QED) is 0.611. The fraction of sp³-hybridized carbons (Fsp3) is 0.364. The molecule has 27 heavy (non-hydrogen) atoms. The highest BCUT2D eigenvalue weighted by molar-refractivity contribution is 6.02. The standard InChI is InChI=1S/C22H26N2O3/c1-3-22(2,16-12-13-18(25)19(26)15-16)21(27)24(17-9-5-4-6-10-17)20-11-7-8-14-23-20/h3,7-8,11-15,17,25-26H,1,4-6,9-10H2,2H3. The summed E-state index contributed by atoms with van der Waals surface area (Å²) < 4.78 is 0. The number of anilines is 1. The largest absolute Gasteiger partial charge is 0.504 e. The van der Waals surface area contributed by atoms with E-state index in [1.54, 1.807) is 30.2 Å². The average molecular weight is 366 g/mol. The summed E-state index contributed by atoms with van der Waals surface area (Å²) in [7, 11) is 0. The number of hydrogen-bond donors (Lipinski definition) is 2. The van der Waals surface area contributed by atoms with E-state index in [0.29, 0.717) is 11.4 Å². The number of carbonyl (C=O) groups is 1. The molecule has 5 heteroatoms. The highest BCUT2D eigenvalue weighted by atomic mass is 16.3. The first-order chi connectivity index (χ1) is 13.0. The molecule has 1 unspecified atom stereocenters. The van der Waals surface area contributed by atoms with Gasteiger partial charge in [0.15, 0.2) is 11.5 Å². The Morgan fingerprint density at radius 3 is 2.52 bits per heavy atom. The highest BCUT2D eigenvalue weighted by Crippen LogP contribution is 2.37. The van der Waals surface area contributed by atoms with Gasteiger partial charge in [0.05, 0.1) is 5.41 Å². The van der Waals surface area contributed by atoms with E-state index in [2.05, 4.69) is 11.6 Å². The number of pyridine rings is 1. The lowest BCUT2D eigenvalue weighted by Gasteiger charge is -2.39. The van der Waals surface area contributed by atoms with Crippen molar-refractivity contribution < 1.29 is 15.0 Å². The summed E-state index contributed by atoms with van der Waals surface area (Å²) in [6.45, 7) is 5.68. The molecule has 1 saturated carbocycles. The molecule has 0 aliphatic heterocycles. The number of phenols is 2. The van der Waals surface area contributed by atoms with Crippen molar-refractivity contribution in [3.63, 3.8) is 0 Å². The summed E-state index contributed by atoms with van der Waals surface area (Å²) in [4.78, 5) is 20.0. The summed E-state index contributed by atoms with van der Waals surface area (Å²) in [5.41, 5.74) is -0.477. The minimum Gasteiger partial charge on any atom is -0.504 e. The normalized spacial score (nSPS) is 17.1. The summed E-state index contributed by atoms with van der Waals surface area (Å²) in [5, 5.41) is 19.6. The van der Waals surface area contributed by atoms with Gasteiger partial charge >= 0.3 is 0 Å². The van der Waals surface area contributed by atoms with Gasteiger partial charge in [-0.1, -0.05) is 37.5 Å². The summed E-state index contributed by atoms with van der Waals surface area (Å²) >= 11 is 0. The molecule has 0 spiro atoms. The number of rotatable bonds is 5. The highest BCUT2D eigenvalue weighted by Gasteiger charge is 2.40. The molecule has 0 bridgehead atoms. The van der Waals surface area contributed by atoms with Crippen LogP contribution in [0.4, 0.5) is 5.82 Å². The molecule has 1 aromatic carbocycles. The maximum Gasteiger partial charge on any atom is 0.242 e. The van der Waals surface area contributed by atoms with Crippen LogP contribution in [0, 0.1) is 0 Å². The Hall–Kier alpha value is -2.82. The monoisotopic (exact) mass is 366 g/mol. The Kier molecular flexibility index (Phi) is 5.49. The topological polar surface area (TPSA) is 73.7 Å². The maximum atomic E-state index is 13.8. The van der Waals surface area contributed by atoms with Gasteiger partial charge in [0.2, 0.25) is 5.91 Å². The van der Waals surface area contributed by atoms with Crippen LogP contribution in [0.1, 0.15) is 44.6 Å². The molecule has 1 heterocycles. The van der Waals surface area contributed by atoms with Gasteiger partial charge in [0, 0.05) is 12.2 Å². The Morgan fingerprint density at radius 1 is 1.19 bits per heavy atom. The summed E-state index contributed by atoms with van der Waals surface area (Å²) in [6.07, 6.45) is 8.53. The van der Waals surface area contributed by atoms with Crippen LogP contribution in [0.5, 0.6) is 11.5 Å². The van der Waals surface area contributed by atoms with Crippen molar-refractivity contribution >= 4 is 11.7 Å². The van der Waals surface area contributed by atoms with E-state index >= 15 is 0 Å². The molecule has 1 amide bonds. The molecule has 1 aliphatic rings. The van der Waals surface area contributed by atoms with Crippen LogP contribution in [-0.4, -0.2) is 27.1 Å². The lowest BCUT2D eigenvalue weighted by atomic mass is 9.80. The smallest absolute Gasteiger partial charge is 0.242 e. The van der Waals surface area contributed by atoms with E-state index in [-0.39, 0.29) is 23.4 Å². The van der Waals surface area contributed by atoms with Gasteiger partial charge < -0.3 is 10.2 Å². The molecule has 2 aromatic rings. The van der Waals surface area contributed by atoms with Crippen LogP contribution in [0.25, 0.3) is 0 Å². The van der Waals surface area contributed by atoms with E-state index in [0.717, 1.165) is 25.7 Å². The van der Waals surface area contributed by atoms with Crippen LogP contribution < -0.4 is 4.90 Å². The van der Waals surface area contributed by atoms with E-state index in [1.807, 2.05) is 18.2 Å². The molecular formula is C22H26N2O3. The molecule has 1 aliphatic carbocycles. The van der Waals surface area contributed by atoms with Crippen molar-refractivity contribution in [2.45, 2.75) is 50.5 Å². The second kappa shape index (κ2) is 7.82. The van der Waals surface area contributed by atoms with E-state index in [9.17, 15) is 15.0 Å². The molecule has 0 radical (unpaired) electrons. The third-order valence-electron chi connectivity index (χ3n) is 5.48. The molecule has 142 valence electrons. The van der Waals surface area contributed by atoms with Crippen LogP contribution in [-0.2, 0) is 10.2 Å². The van der Waals surface area contributed by atoms with Gasteiger partial charge in [0.1, 0.15) is 5.82 Å². The first-order valence-electron chi connectivity index (χ1n) is 9.38. The predicted molar refractivity (Wildman–Crippen MR) is 106 cm³/mol. The van der Waals surface area contributed by atoms with Gasteiger partial charge in [-0.2, -0.15) is 0 Å². The molecular weight excluding hydrogens is 340 g/mol. The Bertz CT molecular complexity index is 816. The van der Waals surface area contributed by atoms with Gasteiger partial charge in [-0.05, 0) is 49.6 Å². The van der Waals surface area contributed by atoms with Crippen LogP contribution in [0.15, 0.2) is 55.3 Å². The molecule has 5 nitrogen and oxygen atoms in total. The van der Waals surface area contributed by atoms with E-state index in [1.165, 1.54) is 18.6 Å². The molecule has 2 N–H and O–H groups in total. The SMILES string of the molecule is C=CC(C)(C(=O)N(c1ccccn1)C1CCCCC1)c1ccc(O)c(O)c1. The Labute approximate surface area is 160 Å². The minimum atomic E-state index is -1.06. The number of nitrogens with zero attached hydrogens (tertiary/aromatic N) is 2. The summed E-state index contributed by atoms with van der Waals surface area (Å²) in [6, 6.07) is 10.1. The zero-order chi connectivity index (χ0) is 19.4. The Balaban J connectivity index is 2.05. The zero-order valence-corrected chi connectivity index (χ0v) is 15.6. The second-order valence-electron chi connectivity index (χ2n) is 7.26. The number of benzene rings is 1. The van der Waals surface area contributed by atoms with Crippen molar-refractivity contribution in [1.29, 1.82) is 0 Å². The minimum absolute atomic E-state index is 0.0890. The number of aromatic nitrogens is 1. The first-order valence-corrected chi connectivity index (χ1v) is 9.38. The fourth-order valence-corrected chi connectivity index (χ4v) is 3.72. The van der Waals surface area contributed by atoms with E-state index < -0.39 is 5.41 Å². The van der Waals surface area contributed by atoms with Crippen LogP contribution in [0.2, 0.25) is 0 Å². The molecule has 0 saturated heterocycles. The third kappa shape index (κ3) is 3.68. The maximum absolute atomic E-state index is 13.8. The van der Waals surface area contributed by atoms with Crippen LogP contribution >= 0.6 is 0 Å². The van der Waals surface area contributed by atoms with Gasteiger partial charge in [-0.15, -0.1) is 6.58 Å². The van der Waals surface area contributed by atoms with Crippen molar-refractivity contribution in [2.75, 3.05) is 4.90 Å². The number of hydrogen-bond acceptors (Lipinski definition) is 4. The number of amides is 1. The lowest BCUT2D eigenvalue weighted by molar-refractivity contribution is -0.122. The van der Waals surface area contributed by atoms with Crippen molar-refractivity contribution in [1.82, 2.24) is 4.98 Å². The Morgan fingerprint density at radius 2 is 1.93 bits per heavy atom. The first kappa shape index (κ1) is 19.0. The van der Waals surface area contributed by atoms with Crippen LogP contribution in [0.3, 0.4) is 0 Å². The fourth-order valence-electron chi connectivity index (χ4n) is 3.72. The number of phenolic OH excluding ortho intramolecular Hbond substituents is 2. The van der Waals surface area contributed by atoms with Gasteiger partial charge in [-0.3, -0.25) is 9.69 Å². The predicted octanol–water partition coefficient (Wildman–Crippen LogP) is 4.30. The molecule has 1 fully saturated rings. The molecule has 3 rings (SSSR count). The second-order valence-corrected chi connectivity index (χ2v) is 7.26. The van der Waals surface area contributed by atoms with Crippen molar-refractivity contribution in [3.8, 4) is 11.5 Å². The van der Waals surface area contributed by atoms with Gasteiger partial charge in [-0.25, -0.2) is 4.98 Å². The van der Waals surface area contributed by atoms with Crippen molar-refractivity contribution in [2.24, 2.45) is 0 Å². The van der Waals surface area contributed by atoms with Gasteiger partial charge in [0.25, 0.3) is 0 Å². The average Bonchev–Trinajstić information content (AvgIpc) is 2.71. The molecule has 1 aromatic heterocycles. The third-order valence-corrected chi connectivity index (χ3v) is 5.48.